The van der Waals surface area contributed by atoms with Crippen molar-refractivity contribution >= 4 is 11.2 Å². The third-order valence-electron chi connectivity index (χ3n) is 2.51. The summed E-state index contributed by atoms with van der Waals surface area (Å²) in [6.45, 7) is 3.85. The standard InChI is InChI=1S/C12H11N5/c1-7-3-4-9-11(15-7)17-12(16-9)10-6-13-8(2)5-14-10/h3-6H,1-2H3,(H,15,16,17). The van der Waals surface area contributed by atoms with Gasteiger partial charge in [-0.05, 0) is 26.0 Å². The van der Waals surface area contributed by atoms with E-state index in [1.54, 1.807) is 12.4 Å². The number of fused-ring (bicyclic) bond motifs is 1. The molecule has 3 rings (SSSR count). The first-order chi connectivity index (χ1) is 8.22. The number of aryl methyl sites for hydroxylation is 2. The molecule has 84 valence electrons. The molecular weight excluding hydrogens is 214 g/mol. The summed E-state index contributed by atoms with van der Waals surface area (Å²) in [7, 11) is 0. The smallest absolute Gasteiger partial charge is 0.178 e. The van der Waals surface area contributed by atoms with Crippen molar-refractivity contribution in [2.24, 2.45) is 0 Å². The summed E-state index contributed by atoms with van der Waals surface area (Å²) in [5, 5.41) is 0. The SMILES string of the molecule is Cc1cnc(-c2nc3nc(C)ccc3[nH]2)cn1. The van der Waals surface area contributed by atoms with Crippen LogP contribution in [-0.2, 0) is 0 Å². The summed E-state index contributed by atoms with van der Waals surface area (Å²) in [4.78, 5) is 20.4. The summed E-state index contributed by atoms with van der Waals surface area (Å²) in [6, 6.07) is 3.92. The van der Waals surface area contributed by atoms with E-state index < -0.39 is 0 Å². The minimum atomic E-state index is 0.700. The first kappa shape index (κ1) is 9.89. The number of hydrogen-bond acceptors (Lipinski definition) is 4. The molecule has 0 atom stereocenters. The predicted octanol–water partition coefficient (Wildman–Crippen LogP) is 2.03. The van der Waals surface area contributed by atoms with Crippen molar-refractivity contribution < 1.29 is 0 Å². The molecular formula is C12H11N5. The van der Waals surface area contributed by atoms with Crippen molar-refractivity contribution in [2.45, 2.75) is 13.8 Å². The number of hydrogen-bond donors (Lipinski definition) is 1. The average Bonchev–Trinajstić information content (AvgIpc) is 2.72. The van der Waals surface area contributed by atoms with Gasteiger partial charge in [-0.15, -0.1) is 0 Å². The summed E-state index contributed by atoms with van der Waals surface area (Å²) in [5.74, 6) is 0.700. The molecule has 0 saturated heterocycles. The minimum absolute atomic E-state index is 0.700. The van der Waals surface area contributed by atoms with Crippen LogP contribution < -0.4 is 0 Å². The lowest BCUT2D eigenvalue weighted by atomic mass is 10.3. The van der Waals surface area contributed by atoms with Crippen LogP contribution in [0.15, 0.2) is 24.5 Å². The van der Waals surface area contributed by atoms with E-state index in [1.807, 2.05) is 26.0 Å². The minimum Gasteiger partial charge on any atom is -0.335 e. The molecule has 3 heterocycles. The molecule has 0 fully saturated rings. The molecule has 1 N–H and O–H groups in total. The molecule has 0 radical (unpaired) electrons. The number of nitrogens with zero attached hydrogens (tertiary/aromatic N) is 4. The average molecular weight is 225 g/mol. The maximum Gasteiger partial charge on any atom is 0.178 e. The van der Waals surface area contributed by atoms with E-state index >= 15 is 0 Å². The summed E-state index contributed by atoms with van der Waals surface area (Å²) >= 11 is 0. The van der Waals surface area contributed by atoms with Gasteiger partial charge in [0.25, 0.3) is 0 Å². The Labute approximate surface area is 98.0 Å². The lowest BCUT2D eigenvalue weighted by Gasteiger charge is -1.94. The zero-order chi connectivity index (χ0) is 11.8. The number of aromatic amines is 1. The van der Waals surface area contributed by atoms with Crippen LogP contribution >= 0.6 is 0 Å². The van der Waals surface area contributed by atoms with Gasteiger partial charge in [0.2, 0.25) is 0 Å². The van der Waals surface area contributed by atoms with Crippen LogP contribution in [0, 0.1) is 13.8 Å². The molecule has 17 heavy (non-hydrogen) atoms. The third-order valence-corrected chi connectivity index (χ3v) is 2.51. The Bertz CT molecular complexity index is 669. The van der Waals surface area contributed by atoms with Gasteiger partial charge in [0.05, 0.1) is 17.4 Å². The highest BCUT2D eigenvalue weighted by molar-refractivity contribution is 5.74. The van der Waals surface area contributed by atoms with E-state index in [9.17, 15) is 0 Å². The van der Waals surface area contributed by atoms with Gasteiger partial charge >= 0.3 is 0 Å². The predicted molar refractivity (Wildman–Crippen MR) is 64.4 cm³/mol. The quantitative estimate of drug-likeness (QED) is 0.688. The number of rotatable bonds is 1. The summed E-state index contributed by atoms with van der Waals surface area (Å²) in [5.41, 5.74) is 4.19. The monoisotopic (exact) mass is 225 g/mol. The van der Waals surface area contributed by atoms with Crippen LogP contribution in [-0.4, -0.2) is 24.9 Å². The Hall–Kier alpha value is -2.30. The fourth-order valence-corrected chi connectivity index (χ4v) is 1.62. The third kappa shape index (κ3) is 1.75. The molecule has 5 nitrogen and oxygen atoms in total. The molecule has 0 saturated carbocycles. The number of aromatic nitrogens is 5. The summed E-state index contributed by atoms with van der Waals surface area (Å²) < 4.78 is 0. The fraction of sp³-hybridized carbons (Fsp3) is 0.167. The number of pyridine rings is 1. The lowest BCUT2D eigenvalue weighted by Crippen LogP contribution is -1.89. The zero-order valence-corrected chi connectivity index (χ0v) is 9.60. The van der Waals surface area contributed by atoms with E-state index in [1.165, 1.54) is 0 Å². The fourth-order valence-electron chi connectivity index (χ4n) is 1.62. The van der Waals surface area contributed by atoms with Gasteiger partial charge in [0, 0.05) is 11.9 Å². The van der Waals surface area contributed by atoms with Crippen molar-refractivity contribution in [1.82, 2.24) is 24.9 Å². The second-order valence-corrected chi connectivity index (χ2v) is 3.95. The van der Waals surface area contributed by atoms with Crippen LogP contribution in [0.5, 0.6) is 0 Å². The van der Waals surface area contributed by atoms with Gasteiger partial charge in [0.1, 0.15) is 5.69 Å². The maximum atomic E-state index is 4.40. The molecule has 0 bridgehead atoms. The second kappa shape index (κ2) is 3.62. The molecule has 0 unspecified atom stereocenters. The Morgan fingerprint density at radius 2 is 1.82 bits per heavy atom. The van der Waals surface area contributed by atoms with Gasteiger partial charge in [-0.25, -0.2) is 15.0 Å². The largest absolute Gasteiger partial charge is 0.335 e. The van der Waals surface area contributed by atoms with Gasteiger partial charge in [-0.3, -0.25) is 4.98 Å². The van der Waals surface area contributed by atoms with Crippen molar-refractivity contribution in [3.63, 3.8) is 0 Å². The molecule has 0 aliphatic carbocycles. The highest BCUT2D eigenvalue weighted by atomic mass is 15.0. The van der Waals surface area contributed by atoms with Crippen LogP contribution in [0.25, 0.3) is 22.7 Å². The molecule has 3 aromatic rings. The molecule has 0 amide bonds. The molecule has 0 spiro atoms. The highest BCUT2D eigenvalue weighted by Gasteiger charge is 2.07. The van der Waals surface area contributed by atoms with Crippen molar-refractivity contribution in [2.75, 3.05) is 0 Å². The lowest BCUT2D eigenvalue weighted by molar-refractivity contribution is 1.10. The van der Waals surface area contributed by atoms with Gasteiger partial charge in [0.15, 0.2) is 11.5 Å². The maximum absolute atomic E-state index is 4.40. The van der Waals surface area contributed by atoms with Crippen LogP contribution in [0.4, 0.5) is 0 Å². The van der Waals surface area contributed by atoms with Crippen molar-refractivity contribution in [3.8, 4) is 11.5 Å². The van der Waals surface area contributed by atoms with Gasteiger partial charge in [-0.2, -0.15) is 0 Å². The van der Waals surface area contributed by atoms with Crippen LogP contribution in [0.2, 0.25) is 0 Å². The Morgan fingerprint density at radius 1 is 0.941 bits per heavy atom. The number of nitrogens with one attached hydrogen (secondary N) is 1. The van der Waals surface area contributed by atoms with E-state index in [4.69, 9.17) is 0 Å². The second-order valence-electron chi connectivity index (χ2n) is 3.95. The number of imidazole rings is 1. The Balaban J connectivity index is 2.14. The Morgan fingerprint density at radius 3 is 2.59 bits per heavy atom. The van der Waals surface area contributed by atoms with Crippen LogP contribution in [0.1, 0.15) is 11.4 Å². The molecule has 0 aliphatic heterocycles. The highest BCUT2D eigenvalue weighted by Crippen LogP contribution is 2.16. The van der Waals surface area contributed by atoms with E-state index in [0.29, 0.717) is 11.5 Å². The molecule has 0 aliphatic rings. The van der Waals surface area contributed by atoms with Crippen molar-refractivity contribution in [3.05, 3.63) is 35.9 Å². The zero-order valence-electron chi connectivity index (χ0n) is 9.60. The van der Waals surface area contributed by atoms with Crippen LogP contribution in [0.3, 0.4) is 0 Å². The number of H-pyrrole nitrogens is 1. The topological polar surface area (TPSA) is 67.3 Å². The van der Waals surface area contributed by atoms with E-state index in [0.717, 1.165) is 22.6 Å². The van der Waals surface area contributed by atoms with Crippen molar-refractivity contribution in [1.29, 1.82) is 0 Å². The van der Waals surface area contributed by atoms with Gasteiger partial charge < -0.3 is 4.98 Å². The van der Waals surface area contributed by atoms with E-state index in [-0.39, 0.29) is 0 Å². The van der Waals surface area contributed by atoms with E-state index in [2.05, 4.69) is 24.9 Å². The molecule has 3 aromatic heterocycles. The first-order valence-electron chi connectivity index (χ1n) is 5.35. The first-order valence-corrected chi connectivity index (χ1v) is 5.35. The Kier molecular flexibility index (Phi) is 2.11. The van der Waals surface area contributed by atoms with Gasteiger partial charge in [-0.1, -0.05) is 0 Å². The normalized spacial score (nSPS) is 10.9. The molecule has 0 aromatic carbocycles. The molecule has 5 heteroatoms. The summed E-state index contributed by atoms with van der Waals surface area (Å²) in [6.07, 6.45) is 3.43.